The number of rotatable bonds is 5. The number of terminal acetylenes is 1. The second-order valence-corrected chi connectivity index (χ2v) is 4.41. The van der Waals surface area contributed by atoms with E-state index >= 15 is 0 Å². The zero-order valence-corrected chi connectivity index (χ0v) is 12.9. The van der Waals surface area contributed by atoms with Crippen LogP contribution in [-0.2, 0) is 4.74 Å². The minimum absolute atomic E-state index is 0.155. The van der Waals surface area contributed by atoms with Crippen molar-refractivity contribution < 1.29 is 28.5 Å². The summed E-state index contributed by atoms with van der Waals surface area (Å²) in [7, 11) is 1.46. The van der Waals surface area contributed by atoms with E-state index < -0.39 is 12.1 Å². The predicted molar refractivity (Wildman–Crippen MR) is 85.2 cm³/mol. The van der Waals surface area contributed by atoms with Gasteiger partial charge < -0.3 is 18.9 Å². The van der Waals surface area contributed by atoms with Crippen LogP contribution in [0, 0.1) is 12.3 Å². The summed E-state index contributed by atoms with van der Waals surface area (Å²) in [6.45, 7) is -0.193. The van der Waals surface area contributed by atoms with E-state index in [1.165, 1.54) is 19.2 Å². The van der Waals surface area contributed by atoms with Crippen molar-refractivity contribution in [1.29, 1.82) is 0 Å². The largest absolute Gasteiger partial charge is 0.514 e. The van der Waals surface area contributed by atoms with Crippen LogP contribution in [-0.4, -0.2) is 25.8 Å². The maximum absolute atomic E-state index is 12.2. The van der Waals surface area contributed by atoms with E-state index in [0.29, 0.717) is 5.75 Å². The van der Waals surface area contributed by atoms with Gasteiger partial charge >= 0.3 is 12.1 Å². The van der Waals surface area contributed by atoms with Gasteiger partial charge in [-0.2, -0.15) is 0 Å². The van der Waals surface area contributed by atoms with Gasteiger partial charge in [-0.3, -0.25) is 0 Å². The summed E-state index contributed by atoms with van der Waals surface area (Å²) in [6, 6.07) is 12.7. The van der Waals surface area contributed by atoms with Gasteiger partial charge in [0.15, 0.2) is 6.61 Å². The molecule has 0 aliphatic heterocycles. The average Bonchev–Trinajstić information content (AvgIpc) is 2.60. The molecule has 2 aromatic rings. The third-order valence-corrected chi connectivity index (χ3v) is 2.82. The van der Waals surface area contributed by atoms with E-state index in [4.69, 9.17) is 20.6 Å². The number of carbonyl (C=O) groups is 2. The van der Waals surface area contributed by atoms with Gasteiger partial charge in [-0.25, -0.2) is 9.59 Å². The molecule has 0 fully saturated rings. The van der Waals surface area contributed by atoms with Gasteiger partial charge in [0.05, 0.1) is 7.11 Å². The monoisotopic (exact) mass is 326 g/mol. The van der Waals surface area contributed by atoms with Crippen molar-refractivity contribution >= 4 is 12.1 Å². The van der Waals surface area contributed by atoms with Crippen LogP contribution in [0.4, 0.5) is 4.79 Å². The van der Waals surface area contributed by atoms with Gasteiger partial charge in [0, 0.05) is 6.07 Å². The van der Waals surface area contributed by atoms with E-state index in [2.05, 4.69) is 10.7 Å². The molecule has 24 heavy (non-hydrogen) atoms. The number of methoxy groups -OCH3 is 1. The lowest BCUT2D eigenvalue weighted by molar-refractivity contribution is 0.0731. The van der Waals surface area contributed by atoms with E-state index in [0.717, 1.165) is 0 Å². The van der Waals surface area contributed by atoms with Crippen molar-refractivity contribution in [2.24, 2.45) is 0 Å². The number of hydrogen-bond acceptors (Lipinski definition) is 6. The van der Waals surface area contributed by atoms with Crippen molar-refractivity contribution in [1.82, 2.24) is 0 Å². The number of benzene rings is 2. The Labute approximate surface area is 138 Å². The minimum atomic E-state index is -0.943. The summed E-state index contributed by atoms with van der Waals surface area (Å²) in [6.07, 6.45) is 4.03. The fourth-order valence-electron chi connectivity index (χ4n) is 1.80. The van der Waals surface area contributed by atoms with Gasteiger partial charge in [-0.1, -0.05) is 24.1 Å². The summed E-state index contributed by atoms with van der Waals surface area (Å²) >= 11 is 0. The average molecular weight is 326 g/mol. The molecule has 6 nitrogen and oxygen atoms in total. The Morgan fingerprint density at radius 2 is 1.75 bits per heavy atom. The maximum atomic E-state index is 12.2. The molecular weight excluding hydrogens is 312 g/mol. The highest BCUT2D eigenvalue weighted by atomic mass is 16.7. The molecule has 0 aliphatic carbocycles. The summed E-state index contributed by atoms with van der Waals surface area (Å²) in [5.74, 6) is 2.30. The van der Waals surface area contributed by atoms with Crippen LogP contribution in [0.1, 0.15) is 10.4 Å². The molecule has 6 heteroatoms. The van der Waals surface area contributed by atoms with E-state index in [1.807, 2.05) is 0 Å². The highest BCUT2D eigenvalue weighted by Gasteiger charge is 2.14. The summed E-state index contributed by atoms with van der Waals surface area (Å²) in [4.78, 5) is 23.6. The topological polar surface area (TPSA) is 71.1 Å². The quantitative estimate of drug-likeness (QED) is 0.364. The molecule has 0 spiro atoms. The summed E-state index contributed by atoms with van der Waals surface area (Å²) in [5, 5.41) is 0. The van der Waals surface area contributed by atoms with E-state index in [-0.39, 0.29) is 23.7 Å². The molecule has 0 saturated carbocycles. The first-order valence-corrected chi connectivity index (χ1v) is 6.87. The van der Waals surface area contributed by atoms with Gasteiger partial charge in [0.2, 0.25) is 0 Å². The number of hydrogen-bond donors (Lipinski definition) is 0. The Kier molecular flexibility index (Phi) is 5.81. The van der Waals surface area contributed by atoms with Gasteiger partial charge in [-0.15, -0.1) is 6.42 Å². The van der Waals surface area contributed by atoms with E-state index in [1.54, 1.807) is 36.4 Å². The van der Waals surface area contributed by atoms with Crippen LogP contribution in [0.25, 0.3) is 0 Å². The zero-order valence-electron chi connectivity index (χ0n) is 12.9. The van der Waals surface area contributed by atoms with Crippen LogP contribution in [0.15, 0.2) is 48.5 Å². The van der Waals surface area contributed by atoms with Crippen LogP contribution in [0.5, 0.6) is 17.2 Å². The number of ether oxygens (including phenoxy) is 4. The van der Waals surface area contributed by atoms with Crippen molar-refractivity contribution in [3.63, 3.8) is 0 Å². The number of carbonyl (C=O) groups excluding carboxylic acids is 2. The normalized spacial score (nSPS) is 9.50. The minimum Gasteiger partial charge on any atom is -0.496 e. The molecule has 0 saturated heterocycles. The lowest BCUT2D eigenvalue weighted by Crippen LogP contribution is -2.12. The molecule has 2 aromatic carbocycles. The first-order chi connectivity index (χ1) is 11.6. The van der Waals surface area contributed by atoms with Crippen molar-refractivity contribution in [3.05, 3.63) is 54.1 Å². The molecule has 0 radical (unpaired) electrons. The van der Waals surface area contributed by atoms with Gasteiger partial charge in [0.1, 0.15) is 22.8 Å². The first-order valence-electron chi connectivity index (χ1n) is 6.87. The lowest BCUT2D eigenvalue weighted by Gasteiger charge is -2.09. The summed E-state index contributed by atoms with van der Waals surface area (Å²) < 4.78 is 19.9. The molecular formula is C18H14O6. The van der Waals surface area contributed by atoms with Gasteiger partial charge in [0.25, 0.3) is 0 Å². The molecule has 0 amide bonds. The molecule has 0 bridgehead atoms. The fraction of sp³-hybridized carbons (Fsp3) is 0.111. The highest BCUT2D eigenvalue weighted by molar-refractivity contribution is 5.94. The first kappa shape index (κ1) is 16.9. The molecule has 0 aliphatic rings. The Morgan fingerprint density at radius 3 is 2.46 bits per heavy atom. The Bertz CT molecular complexity index is 775. The van der Waals surface area contributed by atoms with Crippen LogP contribution in [0.3, 0.4) is 0 Å². The second kappa shape index (κ2) is 8.25. The summed E-state index contributed by atoms with van der Waals surface area (Å²) in [5.41, 5.74) is 0.278. The van der Waals surface area contributed by atoms with Crippen molar-refractivity contribution in [2.45, 2.75) is 0 Å². The number of para-hydroxylation sites is 1. The Hall–Kier alpha value is -3.46. The zero-order chi connectivity index (χ0) is 17.4. The maximum Gasteiger partial charge on any atom is 0.514 e. The Balaban J connectivity index is 2.08. The van der Waals surface area contributed by atoms with Crippen LogP contribution < -0.4 is 14.2 Å². The smallest absolute Gasteiger partial charge is 0.496 e. The molecule has 0 N–H and O–H groups in total. The lowest BCUT2D eigenvalue weighted by atomic mass is 10.2. The third kappa shape index (κ3) is 4.52. The van der Waals surface area contributed by atoms with E-state index in [9.17, 15) is 9.59 Å². The molecule has 0 aromatic heterocycles. The molecule has 0 heterocycles. The highest BCUT2D eigenvalue weighted by Crippen LogP contribution is 2.23. The van der Waals surface area contributed by atoms with Gasteiger partial charge in [-0.05, 0) is 24.3 Å². The van der Waals surface area contributed by atoms with Crippen molar-refractivity contribution in [2.75, 3.05) is 13.7 Å². The molecule has 122 valence electrons. The molecule has 0 atom stereocenters. The van der Waals surface area contributed by atoms with Crippen molar-refractivity contribution in [3.8, 4) is 29.6 Å². The standard InChI is InChI=1S/C18H14O6/c1-3-11-22-18(20)24-14-8-6-7-13(12-14)23-17(19)15-9-4-5-10-16(15)21-2/h1,4-10,12H,11H2,2H3. The second-order valence-electron chi connectivity index (χ2n) is 4.41. The molecule has 2 rings (SSSR count). The molecule has 0 unspecified atom stereocenters. The number of esters is 1. The Morgan fingerprint density at radius 1 is 1.04 bits per heavy atom. The fourth-order valence-corrected chi connectivity index (χ4v) is 1.80. The predicted octanol–water partition coefficient (Wildman–Crippen LogP) is 3.06. The SMILES string of the molecule is C#CCOC(=O)Oc1cccc(OC(=O)c2ccccc2OC)c1. The van der Waals surface area contributed by atoms with Crippen LogP contribution in [0.2, 0.25) is 0 Å². The van der Waals surface area contributed by atoms with Crippen LogP contribution >= 0.6 is 0 Å². The third-order valence-electron chi connectivity index (χ3n) is 2.82.